The van der Waals surface area contributed by atoms with Gasteiger partial charge in [0.25, 0.3) is 0 Å². The van der Waals surface area contributed by atoms with Crippen LogP contribution in [-0.2, 0) is 9.59 Å². The number of carbonyl (C=O) groups excluding carboxylic acids is 2. The summed E-state index contributed by atoms with van der Waals surface area (Å²) in [5.41, 5.74) is 0. The molecule has 1 fully saturated rings. The van der Waals surface area contributed by atoms with Crippen LogP contribution < -0.4 is 5.32 Å². The van der Waals surface area contributed by atoms with E-state index >= 15 is 0 Å². The van der Waals surface area contributed by atoms with E-state index in [1.807, 2.05) is 0 Å². The third kappa shape index (κ3) is 4.71. The summed E-state index contributed by atoms with van der Waals surface area (Å²) in [6, 6.07) is -0.135. The van der Waals surface area contributed by atoms with Crippen molar-refractivity contribution in [2.75, 3.05) is 33.7 Å². The Labute approximate surface area is 118 Å². The van der Waals surface area contributed by atoms with E-state index in [-0.39, 0.29) is 24.3 Å². The van der Waals surface area contributed by atoms with Crippen molar-refractivity contribution >= 4 is 17.9 Å². The molecule has 0 aromatic carbocycles. The molecule has 1 unspecified atom stereocenters. The molecule has 0 bridgehead atoms. The van der Waals surface area contributed by atoms with E-state index in [2.05, 4.69) is 5.32 Å². The molecule has 0 radical (unpaired) electrons. The molecule has 1 aliphatic rings. The van der Waals surface area contributed by atoms with Crippen LogP contribution in [0, 0.1) is 5.92 Å². The van der Waals surface area contributed by atoms with Crippen LogP contribution in [0.2, 0.25) is 0 Å². The summed E-state index contributed by atoms with van der Waals surface area (Å²) in [5.74, 6) is -1.04. The van der Waals surface area contributed by atoms with Crippen LogP contribution in [0.15, 0.2) is 0 Å². The Morgan fingerprint density at radius 2 is 2.10 bits per heavy atom. The van der Waals surface area contributed by atoms with Crippen LogP contribution in [0.1, 0.15) is 25.7 Å². The molecule has 7 heteroatoms. The molecule has 0 spiro atoms. The zero-order valence-electron chi connectivity index (χ0n) is 12.1. The number of carboxylic acids is 1. The number of rotatable bonds is 5. The number of hydrogen-bond donors (Lipinski definition) is 2. The van der Waals surface area contributed by atoms with Crippen molar-refractivity contribution in [2.24, 2.45) is 5.92 Å². The molecule has 2 N–H and O–H groups in total. The molecule has 0 saturated carbocycles. The number of nitrogens with zero attached hydrogens (tertiary/aromatic N) is 2. The summed E-state index contributed by atoms with van der Waals surface area (Å²) < 4.78 is 0. The molecule has 1 saturated heterocycles. The van der Waals surface area contributed by atoms with Crippen LogP contribution in [-0.4, -0.2) is 66.5 Å². The maximum atomic E-state index is 12.2. The highest BCUT2D eigenvalue weighted by Crippen LogP contribution is 2.17. The lowest BCUT2D eigenvalue weighted by Gasteiger charge is -2.34. The fourth-order valence-corrected chi connectivity index (χ4v) is 2.37. The molecule has 0 aromatic rings. The Morgan fingerprint density at radius 1 is 1.40 bits per heavy atom. The summed E-state index contributed by atoms with van der Waals surface area (Å²) in [5, 5.41) is 11.2. The fraction of sp³-hybridized carbons (Fsp3) is 0.769. The van der Waals surface area contributed by atoms with Gasteiger partial charge in [0.2, 0.25) is 5.91 Å². The van der Waals surface area contributed by atoms with Gasteiger partial charge in [-0.3, -0.25) is 9.59 Å². The molecule has 1 aliphatic heterocycles. The van der Waals surface area contributed by atoms with Crippen LogP contribution in [0.25, 0.3) is 0 Å². The van der Waals surface area contributed by atoms with Gasteiger partial charge in [-0.05, 0) is 19.3 Å². The number of piperidine rings is 1. The van der Waals surface area contributed by atoms with E-state index in [0.29, 0.717) is 26.1 Å². The molecule has 7 nitrogen and oxygen atoms in total. The first-order valence-electron chi connectivity index (χ1n) is 6.89. The van der Waals surface area contributed by atoms with Crippen LogP contribution in [0.3, 0.4) is 0 Å². The molecule has 1 heterocycles. The molecule has 0 aliphatic carbocycles. The normalized spacial score (nSPS) is 18.5. The van der Waals surface area contributed by atoms with Crippen molar-refractivity contribution < 1.29 is 19.5 Å². The fourth-order valence-electron chi connectivity index (χ4n) is 2.37. The second-order valence-electron chi connectivity index (χ2n) is 5.10. The molecule has 1 rings (SSSR count). The number of amides is 3. The van der Waals surface area contributed by atoms with E-state index in [4.69, 9.17) is 5.11 Å². The number of likely N-dealkylation sites (tertiary alicyclic amines) is 1. The second kappa shape index (κ2) is 7.72. The standard InChI is InChI=1S/C13H23N3O4/c1-14-12(19)10-5-3-8-16(9-10)13(20)15(2)7-4-6-11(17)18/h10H,3-9H2,1-2H3,(H,14,19)(H,17,18). The van der Waals surface area contributed by atoms with Gasteiger partial charge < -0.3 is 20.2 Å². The van der Waals surface area contributed by atoms with Gasteiger partial charge in [-0.25, -0.2) is 4.79 Å². The van der Waals surface area contributed by atoms with Gasteiger partial charge in [0.1, 0.15) is 0 Å². The van der Waals surface area contributed by atoms with Gasteiger partial charge in [0, 0.05) is 40.2 Å². The zero-order chi connectivity index (χ0) is 15.1. The Bertz CT molecular complexity index is 373. The van der Waals surface area contributed by atoms with Gasteiger partial charge in [-0.15, -0.1) is 0 Å². The molecule has 1 atom stereocenters. The lowest BCUT2D eigenvalue weighted by molar-refractivity contribution is -0.137. The molecular weight excluding hydrogens is 262 g/mol. The average molecular weight is 285 g/mol. The number of nitrogens with one attached hydrogen (secondary N) is 1. The van der Waals surface area contributed by atoms with E-state index in [9.17, 15) is 14.4 Å². The maximum absolute atomic E-state index is 12.2. The summed E-state index contributed by atoms with van der Waals surface area (Å²) in [4.78, 5) is 37.5. The minimum atomic E-state index is -0.858. The second-order valence-corrected chi connectivity index (χ2v) is 5.10. The van der Waals surface area contributed by atoms with Crippen molar-refractivity contribution in [1.82, 2.24) is 15.1 Å². The highest BCUT2D eigenvalue weighted by atomic mass is 16.4. The lowest BCUT2D eigenvalue weighted by Crippen LogP contribution is -2.49. The minimum Gasteiger partial charge on any atom is -0.481 e. The van der Waals surface area contributed by atoms with Gasteiger partial charge in [0.15, 0.2) is 0 Å². The topological polar surface area (TPSA) is 90.0 Å². The highest BCUT2D eigenvalue weighted by Gasteiger charge is 2.29. The maximum Gasteiger partial charge on any atom is 0.319 e. The first kappa shape index (κ1) is 16.3. The Hall–Kier alpha value is -1.79. The van der Waals surface area contributed by atoms with E-state index in [1.165, 1.54) is 4.90 Å². The largest absolute Gasteiger partial charge is 0.481 e. The number of urea groups is 1. The van der Waals surface area contributed by atoms with Gasteiger partial charge >= 0.3 is 12.0 Å². The molecule has 3 amide bonds. The van der Waals surface area contributed by atoms with Gasteiger partial charge in [0.05, 0.1) is 5.92 Å². The van der Waals surface area contributed by atoms with Crippen LogP contribution >= 0.6 is 0 Å². The number of hydrogen-bond acceptors (Lipinski definition) is 3. The van der Waals surface area contributed by atoms with E-state index in [0.717, 1.165) is 12.8 Å². The summed E-state index contributed by atoms with van der Waals surface area (Å²) in [7, 11) is 3.26. The smallest absolute Gasteiger partial charge is 0.319 e. The summed E-state index contributed by atoms with van der Waals surface area (Å²) in [6.07, 6.45) is 2.10. The average Bonchev–Trinajstić information content (AvgIpc) is 2.45. The number of aliphatic carboxylic acids is 1. The Kier molecular flexibility index (Phi) is 6.27. The van der Waals surface area contributed by atoms with Crippen LogP contribution in [0.4, 0.5) is 4.79 Å². The lowest BCUT2D eigenvalue weighted by atomic mass is 9.97. The molecule has 114 valence electrons. The van der Waals surface area contributed by atoms with Crippen LogP contribution in [0.5, 0.6) is 0 Å². The third-order valence-corrected chi connectivity index (χ3v) is 3.52. The zero-order valence-corrected chi connectivity index (χ0v) is 12.1. The Balaban J connectivity index is 2.45. The van der Waals surface area contributed by atoms with Gasteiger partial charge in [-0.1, -0.05) is 0 Å². The molecule has 0 aromatic heterocycles. The summed E-state index contributed by atoms with van der Waals surface area (Å²) in [6.45, 7) is 1.49. The van der Waals surface area contributed by atoms with E-state index < -0.39 is 5.97 Å². The van der Waals surface area contributed by atoms with E-state index in [1.54, 1.807) is 19.0 Å². The third-order valence-electron chi connectivity index (χ3n) is 3.52. The summed E-state index contributed by atoms with van der Waals surface area (Å²) >= 11 is 0. The first-order valence-corrected chi connectivity index (χ1v) is 6.89. The van der Waals surface area contributed by atoms with Crippen molar-refractivity contribution in [1.29, 1.82) is 0 Å². The predicted molar refractivity (Wildman–Crippen MR) is 73.3 cm³/mol. The molecule has 20 heavy (non-hydrogen) atoms. The van der Waals surface area contributed by atoms with Crippen molar-refractivity contribution in [3.05, 3.63) is 0 Å². The minimum absolute atomic E-state index is 0.0315. The molecular formula is C13H23N3O4. The van der Waals surface area contributed by atoms with Crippen molar-refractivity contribution in [3.63, 3.8) is 0 Å². The monoisotopic (exact) mass is 285 g/mol. The Morgan fingerprint density at radius 3 is 2.70 bits per heavy atom. The predicted octanol–water partition coefficient (Wildman–Crippen LogP) is 0.361. The van der Waals surface area contributed by atoms with Gasteiger partial charge in [-0.2, -0.15) is 0 Å². The highest BCUT2D eigenvalue weighted by molar-refractivity contribution is 5.80. The van der Waals surface area contributed by atoms with Crippen molar-refractivity contribution in [2.45, 2.75) is 25.7 Å². The number of carbonyl (C=O) groups is 3. The quantitative estimate of drug-likeness (QED) is 0.763. The first-order chi connectivity index (χ1) is 9.45. The SMILES string of the molecule is CNC(=O)C1CCCN(C(=O)N(C)CCCC(=O)O)C1. The van der Waals surface area contributed by atoms with Crippen molar-refractivity contribution in [3.8, 4) is 0 Å². The number of carboxylic acid groups (broad SMARTS) is 1.